The molecule has 1 aliphatic rings. The van der Waals surface area contributed by atoms with Crippen molar-refractivity contribution in [3.05, 3.63) is 63.0 Å². The molecule has 4 rings (SSSR count). The summed E-state index contributed by atoms with van der Waals surface area (Å²) >= 11 is 5.48. The standard InChI is InChI=1S/C19H21N3O3S/c1-13-6-7-17(25-13)16(21-8-10-24-11-9-21)12-22-18(23)14-4-2-3-5-15(14)20-19(22)26/h2-7,16H,8-12H2,1H3,(H,20,26)/t16-/m1/s1. The minimum absolute atomic E-state index is 0.0680. The third kappa shape index (κ3) is 3.25. The van der Waals surface area contributed by atoms with E-state index in [1.165, 1.54) is 0 Å². The number of hydrogen-bond donors (Lipinski definition) is 1. The van der Waals surface area contributed by atoms with Gasteiger partial charge in [0.1, 0.15) is 11.5 Å². The van der Waals surface area contributed by atoms with Crippen LogP contribution in [0.1, 0.15) is 17.6 Å². The van der Waals surface area contributed by atoms with E-state index in [0.29, 0.717) is 29.9 Å². The van der Waals surface area contributed by atoms with Crippen molar-refractivity contribution in [2.24, 2.45) is 0 Å². The first-order valence-corrected chi connectivity index (χ1v) is 9.14. The number of aromatic amines is 1. The zero-order valence-electron chi connectivity index (χ0n) is 14.6. The zero-order chi connectivity index (χ0) is 18.1. The average Bonchev–Trinajstić information content (AvgIpc) is 3.08. The summed E-state index contributed by atoms with van der Waals surface area (Å²) in [4.78, 5) is 18.5. The molecule has 0 bridgehead atoms. The molecule has 0 radical (unpaired) electrons. The fraction of sp³-hybridized carbons (Fsp3) is 0.368. The average molecular weight is 371 g/mol. The van der Waals surface area contributed by atoms with Gasteiger partial charge in [-0.2, -0.15) is 0 Å². The van der Waals surface area contributed by atoms with Gasteiger partial charge in [-0.15, -0.1) is 0 Å². The lowest BCUT2D eigenvalue weighted by Gasteiger charge is -2.33. The normalized spacial score (nSPS) is 16.8. The van der Waals surface area contributed by atoms with E-state index in [1.54, 1.807) is 4.57 Å². The van der Waals surface area contributed by atoms with Crippen LogP contribution in [0.5, 0.6) is 0 Å². The number of aryl methyl sites for hydroxylation is 1. The van der Waals surface area contributed by atoms with Gasteiger partial charge in [-0.1, -0.05) is 12.1 Å². The summed E-state index contributed by atoms with van der Waals surface area (Å²) in [5, 5.41) is 0.637. The summed E-state index contributed by atoms with van der Waals surface area (Å²) in [5.74, 6) is 1.70. The summed E-state index contributed by atoms with van der Waals surface area (Å²) in [6, 6.07) is 11.3. The van der Waals surface area contributed by atoms with Crippen LogP contribution in [0.2, 0.25) is 0 Å². The molecule has 1 fully saturated rings. The van der Waals surface area contributed by atoms with Gasteiger partial charge in [0, 0.05) is 13.1 Å². The van der Waals surface area contributed by atoms with Crippen molar-refractivity contribution in [3.63, 3.8) is 0 Å². The first kappa shape index (κ1) is 17.2. The van der Waals surface area contributed by atoms with Gasteiger partial charge >= 0.3 is 0 Å². The number of benzene rings is 1. The Hall–Kier alpha value is -2.22. The molecule has 2 aromatic heterocycles. The maximum Gasteiger partial charge on any atom is 0.262 e. The number of para-hydroxylation sites is 1. The molecule has 1 N–H and O–H groups in total. The van der Waals surface area contributed by atoms with Crippen LogP contribution in [0.4, 0.5) is 0 Å². The molecule has 0 amide bonds. The highest BCUT2D eigenvalue weighted by atomic mass is 32.1. The van der Waals surface area contributed by atoms with Crippen molar-refractivity contribution < 1.29 is 9.15 Å². The molecule has 0 spiro atoms. The summed E-state index contributed by atoms with van der Waals surface area (Å²) < 4.78 is 13.4. The predicted octanol–water partition coefficient (Wildman–Crippen LogP) is 3.03. The second kappa shape index (κ2) is 7.19. The Balaban J connectivity index is 1.77. The van der Waals surface area contributed by atoms with Gasteiger partial charge in [-0.25, -0.2) is 0 Å². The van der Waals surface area contributed by atoms with Crippen LogP contribution in [-0.4, -0.2) is 40.8 Å². The predicted molar refractivity (Wildman–Crippen MR) is 102 cm³/mol. The fourth-order valence-corrected chi connectivity index (χ4v) is 3.71. The second-order valence-electron chi connectivity index (χ2n) is 6.50. The Morgan fingerprint density at radius 2 is 1.96 bits per heavy atom. The number of fused-ring (bicyclic) bond motifs is 1. The van der Waals surface area contributed by atoms with Crippen LogP contribution >= 0.6 is 12.2 Å². The van der Waals surface area contributed by atoms with E-state index in [2.05, 4.69) is 9.88 Å². The molecule has 0 aliphatic carbocycles. The van der Waals surface area contributed by atoms with E-state index in [1.807, 2.05) is 43.3 Å². The van der Waals surface area contributed by atoms with Gasteiger partial charge < -0.3 is 14.1 Å². The monoisotopic (exact) mass is 371 g/mol. The lowest BCUT2D eigenvalue weighted by atomic mass is 10.1. The van der Waals surface area contributed by atoms with Gasteiger partial charge in [0.25, 0.3) is 5.56 Å². The van der Waals surface area contributed by atoms with Gasteiger partial charge in [-0.3, -0.25) is 14.3 Å². The van der Waals surface area contributed by atoms with E-state index in [4.69, 9.17) is 21.4 Å². The molecule has 26 heavy (non-hydrogen) atoms. The molecule has 136 valence electrons. The Labute approximate surface area is 156 Å². The molecular weight excluding hydrogens is 350 g/mol. The minimum atomic E-state index is -0.0779. The van der Waals surface area contributed by atoms with Crippen LogP contribution in [0, 0.1) is 11.7 Å². The number of rotatable bonds is 4. The first-order chi connectivity index (χ1) is 12.6. The molecule has 3 heterocycles. The van der Waals surface area contributed by atoms with Crippen molar-refractivity contribution >= 4 is 23.1 Å². The van der Waals surface area contributed by atoms with E-state index in [0.717, 1.165) is 30.1 Å². The van der Waals surface area contributed by atoms with E-state index < -0.39 is 0 Å². The number of ether oxygens (including phenoxy) is 1. The maximum absolute atomic E-state index is 13.0. The van der Waals surface area contributed by atoms with Crippen LogP contribution in [0.15, 0.2) is 45.6 Å². The Morgan fingerprint density at radius 3 is 2.69 bits per heavy atom. The SMILES string of the molecule is Cc1ccc([C@@H](Cn2c(=S)[nH]c3ccccc3c2=O)N2CCOCC2)o1. The van der Waals surface area contributed by atoms with Crippen molar-refractivity contribution in [1.29, 1.82) is 0 Å². The minimum Gasteiger partial charge on any atom is -0.465 e. The number of nitrogens with one attached hydrogen (secondary N) is 1. The largest absolute Gasteiger partial charge is 0.465 e. The Kier molecular flexibility index (Phi) is 4.76. The number of nitrogens with zero attached hydrogens (tertiary/aromatic N) is 2. The van der Waals surface area contributed by atoms with Gasteiger partial charge in [0.2, 0.25) is 0 Å². The topological polar surface area (TPSA) is 63.4 Å². The smallest absolute Gasteiger partial charge is 0.262 e. The highest BCUT2D eigenvalue weighted by molar-refractivity contribution is 7.71. The highest BCUT2D eigenvalue weighted by Crippen LogP contribution is 2.25. The van der Waals surface area contributed by atoms with Gasteiger partial charge in [-0.05, 0) is 43.4 Å². The lowest BCUT2D eigenvalue weighted by molar-refractivity contribution is 0.00701. The van der Waals surface area contributed by atoms with Crippen molar-refractivity contribution in [1.82, 2.24) is 14.5 Å². The Morgan fingerprint density at radius 1 is 1.19 bits per heavy atom. The fourth-order valence-electron chi connectivity index (χ4n) is 3.44. The number of aromatic nitrogens is 2. The number of furan rings is 1. The Bertz CT molecular complexity index is 1030. The van der Waals surface area contributed by atoms with E-state index >= 15 is 0 Å². The summed E-state index contributed by atoms with van der Waals surface area (Å²) in [6.45, 7) is 5.30. The van der Waals surface area contributed by atoms with Crippen LogP contribution in [0.25, 0.3) is 10.9 Å². The molecule has 3 aromatic rings. The molecule has 1 aromatic carbocycles. The second-order valence-corrected chi connectivity index (χ2v) is 6.89. The third-order valence-electron chi connectivity index (χ3n) is 4.82. The van der Waals surface area contributed by atoms with E-state index in [-0.39, 0.29) is 11.6 Å². The summed E-state index contributed by atoms with van der Waals surface area (Å²) in [6.07, 6.45) is 0. The van der Waals surface area contributed by atoms with Crippen molar-refractivity contribution in [2.45, 2.75) is 19.5 Å². The number of hydrogen-bond acceptors (Lipinski definition) is 5. The summed E-state index contributed by atoms with van der Waals surface area (Å²) in [5.41, 5.74) is 0.682. The first-order valence-electron chi connectivity index (χ1n) is 8.73. The zero-order valence-corrected chi connectivity index (χ0v) is 15.4. The van der Waals surface area contributed by atoms with Gasteiger partial charge in [0.05, 0.1) is 36.7 Å². The molecule has 6 nitrogen and oxygen atoms in total. The molecular formula is C19H21N3O3S. The lowest BCUT2D eigenvalue weighted by Crippen LogP contribution is -2.41. The van der Waals surface area contributed by atoms with Crippen LogP contribution in [0.3, 0.4) is 0 Å². The molecule has 1 saturated heterocycles. The van der Waals surface area contributed by atoms with Crippen molar-refractivity contribution in [2.75, 3.05) is 26.3 Å². The quantitative estimate of drug-likeness (QED) is 0.714. The van der Waals surface area contributed by atoms with Crippen molar-refractivity contribution in [3.8, 4) is 0 Å². The van der Waals surface area contributed by atoms with Crippen LogP contribution < -0.4 is 5.56 Å². The molecule has 0 unspecified atom stereocenters. The maximum atomic E-state index is 13.0. The molecule has 1 atom stereocenters. The van der Waals surface area contributed by atoms with Crippen LogP contribution in [-0.2, 0) is 11.3 Å². The summed E-state index contributed by atoms with van der Waals surface area (Å²) in [7, 11) is 0. The third-order valence-corrected chi connectivity index (χ3v) is 5.14. The number of morpholine rings is 1. The molecule has 0 saturated carbocycles. The molecule has 7 heteroatoms. The number of H-pyrrole nitrogens is 1. The highest BCUT2D eigenvalue weighted by Gasteiger charge is 2.26. The van der Waals surface area contributed by atoms with Gasteiger partial charge in [0.15, 0.2) is 4.77 Å². The molecule has 1 aliphatic heterocycles. The van der Waals surface area contributed by atoms with E-state index in [9.17, 15) is 4.79 Å².